The molecule has 10 heteroatoms. The lowest BCUT2D eigenvalue weighted by atomic mass is 9.68. The normalized spacial score (nSPS) is 19.8. The summed E-state index contributed by atoms with van der Waals surface area (Å²) in [6.45, 7) is 0.651. The van der Waals surface area contributed by atoms with Gasteiger partial charge in [0.2, 0.25) is 0 Å². The molecule has 2 aliphatic rings. The minimum absolute atomic E-state index is 0.0664. The number of azide groups is 1. The molecule has 0 spiro atoms. The number of carbonyl (C=O) groups excluding carboxylic acids is 1. The number of benzene rings is 2. The highest BCUT2D eigenvalue weighted by atomic mass is 16.5. The number of rotatable bonds is 8. The largest absolute Gasteiger partial charge is 0.489 e. The Kier molecular flexibility index (Phi) is 8.22. The van der Waals surface area contributed by atoms with Crippen molar-refractivity contribution in [2.24, 2.45) is 11.0 Å². The van der Waals surface area contributed by atoms with Gasteiger partial charge < -0.3 is 20.1 Å². The Hall–Kier alpha value is -4.04. The Balaban J connectivity index is 1.78. The number of aromatic carboxylic acids is 1. The number of fused-ring (bicyclic) bond motifs is 2. The highest BCUT2D eigenvalue weighted by Gasteiger charge is 2.44. The molecular weight excluding hydrogens is 484 g/mol. The molecule has 200 valence electrons. The lowest BCUT2D eigenvalue weighted by Gasteiger charge is -2.43. The predicted molar refractivity (Wildman–Crippen MR) is 146 cm³/mol. The van der Waals surface area contributed by atoms with Crippen molar-refractivity contribution in [2.45, 2.75) is 37.7 Å². The summed E-state index contributed by atoms with van der Waals surface area (Å²) in [7, 11) is 8.04. The van der Waals surface area contributed by atoms with Gasteiger partial charge in [-0.15, -0.1) is 0 Å². The minimum atomic E-state index is -1.02. The van der Waals surface area contributed by atoms with Gasteiger partial charge in [0, 0.05) is 73.2 Å². The summed E-state index contributed by atoms with van der Waals surface area (Å²) in [4.78, 5) is 30.1. The average molecular weight is 520 g/mol. The molecular formula is C28H35N6O4+. The Morgan fingerprint density at radius 3 is 2.68 bits per heavy atom. The van der Waals surface area contributed by atoms with Gasteiger partial charge in [0.1, 0.15) is 25.9 Å². The number of hydrogen-bond donors (Lipinski definition) is 2. The Morgan fingerprint density at radius 2 is 2.00 bits per heavy atom. The minimum Gasteiger partial charge on any atom is -0.489 e. The number of nitrogens with one attached hydrogen (secondary N) is 1. The maximum atomic E-state index is 13.0. The Bertz CT molecular complexity index is 1310. The number of nitrogens with zero attached hydrogens (tertiary/aromatic N) is 5. The summed E-state index contributed by atoms with van der Waals surface area (Å²) in [5.41, 5.74) is 12.9. The zero-order chi connectivity index (χ0) is 27.4. The molecule has 0 aromatic heterocycles. The molecule has 3 atom stereocenters. The fraction of sp³-hybridized carbons (Fsp3) is 0.464. The second kappa shape index (κ2) is 11.6. The first kappa shape index (κ1) is 27.0. The van der Waals surface area contributed by atoms with Crippen LogP contribution < -0.4 is 15.0 Å². The molecule has 1 aliphatic carbocycles. The molecule has 3 unspecified atom stereocenters. The SMILES string of the molecule is CN(C)c1ccc2c(c1)OC1CC(=[N+](C)C)CCC1C2c1cc(C(=O)NCCCN=[N+]=[N-])ccc1C(=O)O. The van der Waals surface area contributed by atoms with Crippen LogP contribution in [0.15, 0.2) is 41.5 Å². The van der Waals surface area contributed by atoms with E-state index in [0.717, 1.165) is 36.3 Å². The first-order valence-corrected chi connectivity index (χ1v) is 12.9. The number of carboxylic acid groups (broad SMARTS) is 1. The van der Waals surface area contributed by atoms with Gasteiger partial charge in [-0.25, -0.2) is 9.37 Å². The molecule has 0 radical (unpaired) electrons. The third kappa shape index (κ3) is 5.60. The summed E-state index contributed by atoms with van der Waals surface area (Å²) in [5.74, 6) is -0.717. The first-order chi connectivity index (χ1) is 18.2. The molecule has 2 aromatic rings. The quantitative estimate of drug-likeness (QED) is 0.177. The summed E-state index contributed by atoms with van der Waals surface area (Å²) in [5, 5.41) is 16.5. The summed E-state index contributed by atoms with van der Waals surface area (Å²) < 4.78 is 8.74. The van der Waals surface area contributed by atoms with Gasteiger partial charge in [-0.05, 0) is 48.2 Å². The molecule has 1 aliphatic heterocycles. The smallest absolute Gasteiger partial charge is 0.335 e. The van der Waals surface area contributed by atoms with Gasteiger partial charge in [0.25, 0.3) is 5.91 Å². The van der Waals surface area contributed by atoms with Crippen molar-refractivity contribution in [3.8, 4) is 5.75 Å². The first-order valence-electron chi connectivity index (χ1n) is 12.9. The van der Waals surface area contributed by atoms with Gasteiger partial charge in [0.15, 0.2) is 5.71 Å². The van der Waals surface area contributed by atoms with Crippen molar-refractivity contribution in [3.63, 3.8) is 0 Å². The van der Waals surface area contributed by atoms with E-state index in [4.69, 9.17) is 10.3 Å². The average Bonchev–Trinajstić information content (AvgIpc) is 2.90. The zero-order valence-electron chi connectivity index (χ0n) is 22.3. The Morgan fingerprint density at radius 1 is 1.21 bits per heavy atom. The van der Waals surface area contributed by atoms with Crippen LogP contribution >= 0.6 is 0 Å². The van der Waals surface area contributed by atoms with Crippen LogP contribution in [0.5, 0.6) is 5.75 Å². The molecule has 1 heterocycles. The fourth-order valence-corrected chi connectivity index (χ4v) is 5.53. The fourth-order valence-electron chi connectivity index (χ4n) is 5.53. The number of amides is 1. The molecule has 0 bridgehead atoms. The summed E-state index contributed by atoms with van der Waals surface area (Å²) in [6.07, 6.45) is 2.95. The molecule has 2 aromatic carbocycles. The predicted octanol–water partition coefficient (Wildman–Crippen LogP) is 4.29. The van der Waals surface area contributed by atoms with Crippen LogP contribution in [0.3, 0.4) is 0 Å². The van der Waals surface area contributed by atoms with E-state index < -0.39 is 5.97 Å². The van der Waals surface area contributed by atoms with Gasteiger partial charge in [-0.3, -0.25) is 4.79 Å². The van der Waals surface area contributed by atoms with Crippen LogP contribution in [0.25, 0.3) is 10.4 Å². The van der Waals surface area contributed by atoms with E-state index in [-0.39, 0.29) is 29.4 Å². The van der Waals surface area contributed by atoms with E-state index in [1.54, 1.807) is 12.1 Å². The van der Waals surface area contributed by atoms with Crippen LogP contribution in [0, 0.1) is 5.92 Å². The van der Waals surface area contributed by atoms with E-state index in [9.17, 15) is 14.7 Å². The third-order valence-corrected chi connectivity index (χ3v) is 7.53. The van der Waals surface area contributed by atoms with Crippen molar-refractivity contribution in [1.29, 1.82) is 0 Å². The lowest BCUT2D eigenvalue weighted by molar-refractivity contribution is -0.468. The maximum absolute atomic E-state index is 13.0. The van der Waals surface area contributed by atoms with Crippen LogP contribution in [0.2, 0.25) is 0 Å². The molecule has 38 heavy (non-hydrogen) atoms. The number of hydrogen-bond acceptors (Lipinski definition) is 5. The van der Waals surface area contributed by atoms with Crippen molar-refractivity contribution in [1.82, 2.24) is 5.32 Å². The van der Waals surface area contributed by atoms with Crippen LogP contribution in [-0.4, -0.2) is 74.7 Å². The highest BCUT2D eigenvalue weighted by Crippen LogP contribution is 2.50. The molecule has 0 saturated heterocycles. The second-order valence-corrected chi connectivity index (χ2v) is 10.3. The number of carbonyl (C=O) groups is 2. The van der Waals surface area contributed by atoms with Crippen LogP contribution in [-0.2, 0) is 0 Å². The number of carboxylic acids is 1. The van der Waals surface area contributed by atoms with Gasteiger partial charge >= 0.3 is 5.97 Å². The molecule has 4 rings (SSSR count). The number of ether oxygens (including phenoxy) is 1. The third-order valence-electron chi connectivity index (χ3n) is 7.53. The maximum Gasteiger partial charge on any atom is 0.335 e. The standard InChI is InChI=1S/C28H34N6O4/c1-33(2)18-7-10-21-24(15-18)38-25-16-19(34(3)4)8-11-22(25)26(21)23-14-17(6-9-20(23)28(36)37)27(35)30-12-5-13-31-32-29/h6-7,9-10,14-15,22,25-26H,5,8,11-13,16H2,1-4H3,(H-,30,35,36,37)/p+1. The van der Waals surface area contributed by atoms with Crippen molar-refractivity contribution < 1.29 is 24.0 Å². The topological polar surface area (TPSA) is 131 Å². The van der Waals surface area contributed by atoms with E-state index in [0.29, 0.717) is 30.6 Å². The lowest BCUT2D eigenvalue weighted by Crippen LogP contribution is -2.43. The van der Waals surface area contributed by atoms with Gasteiger partial charge in [0.05, 0.1) is 12.0 Å². The zero-order valence-corrected chi connectivity index (χ0v) is 22.3. The Labute approximate surface area is 222 Å². The monoisotopic (exact) mass is 519 g/mol. The van der Waals surface area contributed by atoms with Crippen LogP contribution in [0.1, 0.15) is 63.4 Å². The van der Waals surface area contributed by atoms with Gasteiger partial charge in [-0.2, -0.15) is 0 Å². The van der Waals surface area contributed by atoms with E-state index in [2.05, 4.69) is 19.9 Å². The molecule has 10 nitrogen and oxygen atoms in total. The molecule has 1 fully saturated rings. The van der Waals surface area contributed by atoms with Crippen LogP contribution in [0.4, 0.5) is 5.69 Å². The van der Waals surface area contributed by atoms with E-state index >= 15 is 0 Å². The summed E-state index contributed by atoms with van der Waals surface area (Å²) in [6, 6.07) is 10.9. The number of anilines is 1. The van der Waals surface area contributed by atoms with Gasteiger partial charge in [-0.1, -0.05) is 11.2 Å². The molecule has 1 saturated carbocycles. The highest BCUT2D eigenvalue weighted by molar-refractivity contribution is 5.97. The van der Waals surface area contributed by atoms with Crippen molar-refractivity contribution in [2.75, 3.05) is 46.2 Å². The summed E-state index contributed by atoms with van der Waals surface area (Å²) >= 11 is 0. The van der Waals surface area contributed by atoms with Crippen molar-refractivity contribution >= 4 is 23.3 Å². The molecule has 1 amide bonds. The van der Waals surface area contributed by atoms with E-state index in [1.165, 1.54) is 11.8 Å². The van der Waals surface area contributed by atoms with E-state index in [1.807, 2.05) is 51.3 Å². The second-order valence-electron chi connectivity index (χ2n) is 10.3. The van der Waals surface area contributed by atoms with Crippen molar-refractivity contribution in [3.05, 3.63) is 69.1 Å². The molecule has 2 N–H and O–H groups in total.